The smallest absolute Gasteiger partial charge is 0.168 e. The quantitative estimate of drug-likeness (QED) is 0.359. The summed E-state index contributed by atoms with van der Waals surface area (Å²) >= 11 is 0. The van der Waals surface area contributed by atoms with Crippen molar-refractivity contribution >= 4 is 12.5 Å². The first-order valence-electron chi connectivity index (χ1n) is 7.28. The van der Waals surface area contributed by atoms with E-state index in [9.17, 15) is 4.79 Å². The fourth-order valence-corrected chi connectivity index (χ4v) is 2.58. The van der Waals surface area contributed by atoms with Gasteiger partial charge in [-0.2, -0.15) is 0 Å². The molecule has 0 aliphatic heterocycles. The van der Waals surface area contributed by atoms with Crippen LogP contribution in [0.1, 0.15) is 15.9 Å². The Balaban J connectivity index is 2.88. The Bertz CT molecular complexity index is 801. The van der Waals surface area contributed by atoms with Crippen LogP contribution in [0.5, 0.6) is 23.0 Å². The highest BCUT2D eigenvalue weighted by Crippen LogP contribution is 2.46. The number of oxime groups is 1. The molecule has 0 saturated heterocycles. The van der Waals surface area contributed by atoms with E-state index in [1.165, 1.54) is 34.7 Å². The zero-order valence-electron chi connectivity index (χ0n) is 14.4. The van der Waals surface area contributed by atoms with Crippen LogP contribution < -0.4 is 18.9 Å². The topological polar surface area (TPSA) is 86.6 Å². The van der Waals surface area contributed by atoms with E-state index in [0.29, 0.717) is 51.5 Å². The number of benzene rings is 2. The molecule has 2 rings (SSSR count). The van der Waals surface area contributed by atoms with Crippen LogP contribution in [0.15, 0.2) is 29.4 Å². The van der Waals surface area contributed by atoms with E-state index >= 15 is 0 Å². The predicted octanol–water partition coefficient (Wildman–Crippen LogP) is 3.01. The van der Waals surface area contributed by atoms with E-state index in [4.69, 9.17) is 24.2 Å². The van der Waals surface area contributed by atoms with Gasteiger partial charge in [0.25, 0.3) is 0 Å². The van der Waals surface area contributed by atoms with Crippen molar-refractivity contribution in [1.82, 2.24) is 0 Å². The molecule has 0 radical (unpaired) electrons. The zero-order chi connectivity index (χ0) is 18.4. The van der Waals surface area contributed by atoms with Gasteiger partial charge in [0.15, 0.2) is 23.0 Å². The van der Waals surface area contributed by atoms with E-state index in [1.807, 2.05) is 0 Å². The van der Waals surface area contributed by atoms with Gasteiger partial charge in [0.1, 0.15) is 6.29 Å². The molecule has 0 aliphatic carbocycles. The number of carbonyl (C=O) groups is 1. The summed E-state index contributed by atoms with van der Waals surface area (Å²) in [5.41, 5.74) is 2.16. The van der Waals surface area contributed by atoms with E-state index in [2.05, 4.69) is 5.16 Å². The minimum absolute atomic E-state index is 0.407. The SMILES string of the molecule is COc1cc(C=O)cc(-c2cc(/C=N/O)cc(OC)c2OC)c1OC. The summed E-state index contributed by atoms with van der Waals surface area (Å²) in [6.07, 6.45) is 1.98. The Hall–Kier alpha value is -3.22. The average Bonchev–Trinajstić information content (AvgIpc) is 2.66. The number of hydrogen-bond acceptors (Lipinski definition) is 7. The van der Waals surface area contributed by atoms with Gasteiger partial charge in [0.05, 0.1) is 34.7 Å². The number of ether oxygens (including phenoxy) is 4. The third kappa shape index (κ3) is 3.50. The van der Waals surface area contributed by atoms with Crippen molar-refractivity contribution in [2.75, 3.05) is 28.4 Å². The van der Waals surface area contributed by atoms with Gasteiger partial charge in [-0.25, -0.2) is 0 Å². The molecule has 0 heterocycles. The number of aldehydes is 1. The molecular formula is C18H19NO6. The third-order valence-corrected chi connectivity index (χ3v) is 3.64. The molecule has 0 bridgehead atoms. The standard InChI is InChI=1S/C18H19NO6/c1-22-15-7-11(9-19-21)5-13(17(15)24-3)14-6-12(10-20)8-16(23-2)18(14)25-4/h5-10,21H,1-4H3/b19-9+. The Kier molecular flexibility index (Phi) is 5.84. The molecule has 2 aromatic rings. The van der Waals surface area contributed by atoms with Crippen molar-refractivity contribution in [1.29, 1.82) is 0 Å². The molecule has 7 nitrogen and oxygen atoms in total. The van der Waals surface area contributed by atoms with Gasteiger partial charge in [-0.05, 0) is 24.3 Å². The maximum Gasteiger partial charge on any atom is 0.168 e. The highest BCUT2D eigenvalue weighted by atomic mass is 16.5. The lowest BCUT2D eigenvalue weighted by molar-refractivity contribution is 0.112. The van der Waals surface area contributed by atoms with Gasteiger partial charge < -0.3 is 24.2 Å². The van der Waals surface area contributed by atoms with Gasteiger partial charge in [0, 0.05) is 22.3 Å². The van der Waals surface area contributed by atoms with Gasteiger partial charge in [-0.1, -0.05) is 5.16 Å². The van der Waals surface area contributed by atoms with Crippen molar-refractivity contribution in [2.45, 2.75) is 0 Å². The fraction of sp³-hybridized carbons (Fsp3) is 0.222. The second kappa shape index (κ2) is 8.05. The van der Waals surface area contributed by atoms with E-state index in [1.54, 1.807) is 24.3 Å². The van der Waals surface area contributed by atoms with Gasteiger partial charge in [-0.15, -0.1) is 0 Å². The molecule has 0 aromatic heterocycles. The number of hydrogen-bond donors (Lipinski definition) is 1. The van der Waals surface area contributed by atoms with Crippen LogP contribution in [0.2, 0.25) is 0 Å². The average molecular weight is 345 g/mol. The maximum absolute atomic E-state index is 11.3. The fourth-order valence-electron chi connectivity index (χ4n) is 2.58. The van der Waals surface area contributed by atoms with E-state index < -0.39 is 0 Å². The Morgan fingerprint density at radius 1 is 0.800 bits per heavy atom. The largest absolute Gasteiger partial charge is 0.493 e. The molecule has 0 amide bonds. The lowest BCUT2D eigenvalue weighted by Crippen LogP contribution is -2.00. The second-order valence-electron chi connectivity index (χ2n) is 4.97. The summed E-state index contributed by atoms with van der Waals surface area (Å²) in [7, 11) is 6.00. The first kappa shape index (κ1) is 18.1. The molecule has 2 aromatic carbocycles. The van der Waals surface area contributed by atoms with Crippen molar-refractivity contribution in [3.05, 3.63) is 35.4 Å². The van der Waals surface area contributed by atoms with Gasteiger partial charge >= 0.3 is 0 Å². The van der Waals surface area contributed by atoms with Gasteiger partial charge in [-0.3, -0.25) is 4.79 Å². The predicted molar refractivity (Wildman–Crippen MR) is 92.9 cm³/mol. The summed E-state index contributed by atoms with van der Waals surface area (Å²) in [4.78, 5) is 11.3. The van der Waals surface area contributed by atoms with Crippen molar-refractivity contribution in [2.24, 2.45) is 5.16 Å². The van der Waals surface area contributed by atoms with Crippen LogP contribution >= 0.6 is 0 Å². The lowest BCUT2D eigenvalue weighted by Gasteiger charge is -2.18. The lowest BCUT2D eigenvalue weighted by atomic mass is 9.98. The molecular weight excluding hydrogens is 326 g/mol. The maximum atomic E-state index is 11.3. The normalized spacial score (nSPS) is 10.6. The van der Waals surface area contributed by atoms with Crippen LogP contribution in [0, 0.1) is 0 Å². The minimum atomic E-state index is 0.407. The van der Waals surface area contributed by atoms with Crippen LogP contribution in [-0.4, -0.2) is 46.1 Å². The first-order chi connectivity index (χ1) is 12.1. The monoisotopic (exact) mass is 345 g/mol. The molecule has 25 heavy (non-hydrogen) atoms. The molecule has 0 spiro atoms. The summed E-state index contributed by atoms with van der Waals surface area (Å²) in [6.45, 7) is 0. The summed E-state index contributed by atoms with van der Waals surface area (Å²) < 4.78 is 21.6. The van der Waals surface area contributed by atoms with Crippen molar-refractivity contribution in [3.8, 4) is 34.1 Å². The summed E-state index contributed by atoms with van der Waals surface area (Å²) in [5.74, 6) is 1.73. The molecule has 0 aliphatic rings. The minimum Gasteiger partial charge on any atom is -0.493 e. The zero-order valence-corrected chi connectivity index (χ0v) is 14.4. The number of methoxy groups -OCH3 is 4. The van der Waals surface area contributed by atoms with Crippen LogP contribution in [0.3, 0.4) is 0 Å². The molecule has 0 atom stereocenters. The van der Waals surface area contributed by atoms with Crippen molar-refractivity contribution in [3.63, 3.8) is 0 Å². The van der Waals surface area contributed by atoms with Crippen molar-refractivity contribution < 1.29 is 28.9 Å². The Morgan fingerprint density at radius 2 is 1.28 bits per heavy atom. The summed E-state index contributed by atoms with van der Waals surface area (Å²) in [6, 6.07) is 6.63. The van der Waals surface area contributed by atoms with Gasteiger partial charge in [0.2, 0.25) is 0 Å². The highest BCUT2D eigenvalue weighted by Gasteiger charge is 2.20. The molecule has 7 heteroatoms. The first-order valence-corrected chi connectivity index (χ1v) is 7.28. The molecule has 0 fully saturated rings. The Morgan fingerprint density at radius 3 is 1.68 bits per heavy atom. The van der Waals surface area contributed by atoms with Crippen LogP contribution in [0.4, 0.5) is 0 Å². The van der Waals surface area contributed by atoms with Crippen LogP contribution in [0.25, 0.3) is 11.1 Å². The molecule has 132 valence electrons. The molecule has 0 saturated carbocycles. The van der Waals surface area contributed by atoms with E-state index in [-0.39, 0.29) is 0 Å². The number of nitrogens with zero attached hydrogens (tertiary/aromatic N) is 1. The van der Waals surface area contributed by atoms with Crippen LogP contribution in [-0.2, 0) is 0 Å². The molecule has 1 N–H and O–H groups in total. The second-order valence-corrected chi connectivity index (χ2v) is 4.97. The summed E-state index contributed by atoms with van der Waals surface area (Å²) in [5, 5.41) is 11.9. The molecule has 0 unspecified atom stereocenters. The number of rotatable bonds is 7. The Labute approximate surface area is 145 Å². The van der Waals surface area contributed by atoms with E-state index in [0.717, 1.165) is 0 Å². The highest BCUT2D eigenvalue weighted by molar-refractivity contribution is 5.90. The number of carbonyl (C=O) groups excluding carboxylic acids is 1. The third-order valence-electron chi connectivity index (χ3n) is 3.64.